The molecule has 0 amide bonds. The summed E-state index contributed by atoms with van der Waals surface area (Å²) in [6.07, 6.45) is 0. The largest absolute Gasteiger partial charge is 0.548 e. The number of nitrogens with zero attached hydrogens (tertiary/aromatic N) is 4. The van der Waals surface area contributed by atoms with E-state index in [2.05, 4.69) is 15.5 Å². The molecule has 0 radical (unpaired) electrons. The topological polar surface area (TPSA) is 83.7 Å². The Labute approximate surface area is 97.9 Å². The Bertz CT molecular complexity index is 542. The number of benzene rings is 1. The number of carbonyl (C=O) groups is 1. The molecule has 0 aliphatic heterocycles. The molecule has 1 heterocycles. The van der Waals surface area contributed by atoms with Crippen LogP contribution in [-0.4, -0.2) is 26.2 Å². The minimum atomic E-state index is -1.22. The Kier molecular flexibility index (Phi) is 2.86. The first-order valence-electron chi connectivity index (χ1n) is 5.11. The van der Waals surface area contributed by atoms with E-state index in [0.717, 1.165) is 16.7 Å². The van der Waals surface area contributed by atoms with Gasteiger partial charge in [-0.2, -0.15) is 0 Å². The average molecular weight is 231 g/mol. The second kappa shape index (κ2) is 4.32. The first-order chi connectivity index (χ1) is 8.06. The number of hydrogen-bond donors (Lipinski definition) is 0. The van der Waals surface area contributed by atoms with E-state index in [1.54, 1.807) is 0 Å². The van der Waals surface area contributed by atoms with Gasteiger partial charge in [0.15, 0.2) is 5.82 Å². The number of aliphatic carboxylic acids is 1. The van der Waals surface area contributed by atoms with Crippen LogP contribution >= 0.6 is 0 Å². The fourth-order valence-corrected chi connectivity index (χ4v) is 1.74. The third-order valence-corrected chi connectivity index (χ3v) is 2.29. The van der Waals surface area contributed by atoms with Crippen molar-refractivity contribution >= 4 is 5.97 Å². The number of hydrogen-bond acceptors (Lipinski definition) is 5. The summed E-state index contributed by atoms with van der Waals surface area (Å²) in [5, 5.41) is 21.5. The van der Waals surface area contributed by atoms with Gasteiger partial charge < -0.3 is 9.90 Å². The van der Waals surface area contributed by atoms with Crippen LogP contribution in [0.4, 0.5) is 0 Å². The maximum absolute atomic E-state index is 10.6. The van der Waals surface area contributed by atoms with Crippen molar-refractivity contribution < 1.29 is 9.90 Å². The second-order valence-corrected chi connectivity index (χ2v) is 3.91. The zero-order valence-corrected chi connectivity index (χ0v) is 9.54. The van der Waals surface area contributed by atoms with Gasteiger partial charge in [-0.3, -0.25) is 0 Å². The average Bonchev–Trinajstić information content (AvgIpc) is 2.63. The molecule has 0 saturated heterocycles. The molecule has 6 nitrogen and oxygen atoms in total. The van der Waals surface area contributed by atoms with Gasteiger partial charge >= 0.3 is 0 Å². The molecule has 17 heavy (non-hydrogen) atoms. The van der Waals surface area contributed by atoms with Crippen LogP contribution in [0, 0.1) is 13.8 Å². The Balaban J connectivity index is 2.45. The van der Waals surface area contributed by atoms with Crippen molar-refractivity contribution in [1.29, 1.82) is 0 Å². The highest BCUT2D eigenvalue weighted by molar-refractivity contribution is 5.65. The van der Waals surface area contributed by atoms with Gasteiger partial charge in [0.25, 0.3) is 0 Å². The van der Waals surface area contributed by atoms with Crippen molar-refractivity contribution in [2.75, 3.05) is 0 Å². The molecule has 0 bridgehead atoms. The monoisotopic (exact) mass is 231 g/mol. The highest BCUT2D eigenvalue weighted by Gasteiger charge is 2.09. The van der Waals surface area contributed by atoms with Crippen LogP contribution in [0.1, 0.15) is 11.1 Å². The molecule has 0 aliphatic carbocycles. The summed E-state index contributed by atoms with van der Waals surface area (Å²) in [5.74, 6) is -0.788. The number of carbonyl (C=O) groups excluding carboxylic acids is 1. The van der Waals surface area contributed by atoms with E-state index in [0.29, 0.717) is 5.82 Å². The number of rotatable bonds is 3. The zero-order chi connectivity index (χ0) is 12.4. The SMILES string of the molecule is Cc1cc(C)cc(-c2nnnn2CC(=O)[O-])c1. The number of carboxylic acid groups (broad SMARTS) is 1. The van der Waals surface area contributed by atoms with E-state index in [-0.39, 0.29) is 6.54 Å². The van der Waals surface area contributed by atoms with Gasteiger partial charge in [-0.15, -0.1) is 5.10 Å². The van der Waals surface area contributed by atoms with Crippen LogP contribution in [0.15, 0.2) is 18.2 Å². The molecule has 0 unspecified atom stereocenters. The van der Waals surface area contributed by atoms with Crippen molar-refractivity contribution in [2.45, 2.75) is 20.4 Å². The first-order valence-corrected chi connectivity index (χ1v) is 5.11. The minimum absolute atomic E-state index is 0.352. The summed E-state index contributed by atoms with van der Waals surface area (Å²) in [6.45, 7) is 3.57. The van der Waals surface area contributed by atoms with Crippen LogP contribution in [0.25, 0.3) is 11.4 Å². The third-order valence-electron chi connectivity index (χ3n) is 2.29. The van der Waals surface area contributed by atoms with E-state index in [1.807, 2.05) is 32.0 Å². The predicted molar refractivity (Wildman–Crippen MR) is 57.7 cm³/mol. The number of aryl methyl sites for hydroxylation is 2. The third kappa shape index (κ3) is 2.47. The van der Waals surface area contributed by atoms with Crippen LogP contribution in [-0.2, 0) is 11.3 Å². The molecule has 0 saturated carbocycles. The molecule has 2 rings (SSSR count). The number of aromatic nitrogens is 4. The Morgan fingerprint density at radius 1 is 1.29 bits per heavy atom. The highest BCUT2D eigenvalue weighted by atomic mass is 16.4. The molecule has 0 atom stereocenters. The van der Waals surface area contributed by atoms with E-state index < -0.39 is 5.97 Å². The standard InChI is InChI=1S/C11H12N4O2/c1-7-3-8(2)5-9(4-7)11-12-13-14-15(11)6-10(16)17/h3-5H,6H2,1-2H3,(H,16,17)/p-1. The molecular formula is C11H11N4O2-. The van der Waals surface area contributed by atoms with Crippen LogP contribution < -0.4 is 5.11 Å². The number of tetrazole rings is 1. The molecule has 0 N–H and O–H groups in total. The summed E-state index contributed by atoms with van der Waals surface area (Å²) in [5.41, 5.74) is 2.94. The first kappa shape index (κ1) is 11.3. The fourth-order valence-electron chi connectivity index (χ4n) is 1.74. The fraction of sp³-hybridized carbons (Fsp3) is 0.273. The van der Waals surface area contributed by atoms with E-state index >= 15 is 0 Å². The predicted octanol–water partition coefficient (Wildman–Crippen LogP) is -0.293. The summed E-state index contributed by atoms with van der Waals surface area (Å²) >= 11 is 0. The summed E-state index contributed by atoms with van der Waals surface area (Å²) in [6, 6.07) is 5.84. The molecule has 0 spiro atoms. The molecule has 1 aromatic carbocycles. The van der Waals surface area contributed by atoms with Gasteiger partial charge in [-0.25, -0.2) is 4.68 Å². The lowest BCUT2D eigenvalue weighted by molar-refractivity contribution is -0.306. The second-order valence-electron chi connectivity index (χ2n) is 3.91. The summed E-state index contributed by atoms with van der Waals surface area (Å²) in [4.78, 5) is 10.6. The molecule has 6 heteroatoms. The van der Waals surface area contributed by atoms with Crippen molar-refractivity contribution in [3.05, 3.63) is 29.3 Å². The smallest absolute Gasteiger partial charge is 0.182 e. The van der Waals surface area contributed by atoms with Gasteiger partial charge in [0.05, 0.1) is 12.5 Å². The van der Waals surface area contributed by atoms with Crippen molar-refractivity contribution in [1.82, 2.24) is 20.2 Å². The van der Waals surface area contributed by atoms with E-state index in [4.69, 9.17) is 0 Å². The normalized spacial score (nSPS) is 10.5. The van der Waals surface area contributed by atoms with Gasteiger partial charge in [0.2, 0.25) is 0 Å². The molecular weight excluding hydrogens is 220 g/mol. The highest BCUT2D eigenvalue weighted by Crippen LogP contribution is 2.19. The lowest BCUT2D eigenvalue weighted by Crippen LogP contribution is -2.28. The van der Waals surface area contributed by atoms with Crippen LogP contribution in [0.5, 0.6) is 0 Å². The quantitative estimate of drug-likeness (QED) is 0.724. The lowest BCUT2D eigenvalue weighted by atomic mass is 10.1. The minimum Gasteiger partial charge on any atom is -0.548 e. The lowest BCUT2D eigenvalue weighted by Gasteiger charge is -2.06. The number of carboxylic acids is 1. The molecule has 1 aromatic heterocycles. The van der Waals surface area contributed by atoms with Crippen LogP contribution in [0.2, 0.25) is 0 Å². The summed E-state index contributed by atoms with van der Waals surface area (Å²) in [7, 11) is 0. The Hall–Kier alpha value is -2.24. The van der Waals surface area contributed by atoms with Gasteiger partial charge in [0.1, 0.15) is 0 Å². The van der Waals surface area contributed by atoms with Gasteiger partial charge in [-0.1, -0.05) is 17.2 Å². The molecule has 0 aliphatic rings. The maximum atomic E-state index is 10.6. The maximum Gasteiger partial charge on any atom is 0.182 e. The van der Waals surface area contributed by atoms with E-state index in [9.17, 15) is 9.90 Å². The van der Waals surface area contributed by atoms with E-state index in [1.165, 1.54) is 4.68 Å². The zero-order valence-electron chi connectivity index (χ0n) is 9.54. The van der Waals surface area contributed by atoms with Crippen LogP contribution in [0.3, 0.4) is 0 Å². The Morgan fingerprint density at radius 3 is 2.53 bits per heavy atom. The van der Waals surface area contributed by atoms with Crippen molar-refractivity contribution in [3.8, 4) is 11.4 Å². The molecule has 88 valence electrons. The van der Waals surface area contributed by atoms with Crippen molar-refractivity contribution in [2.24, 2.45) is 0 Å². The molecule has 0 fully saturated rings. The summed E-state index contributed by atoms with van der Waals surface area (Å²) < 4.78 is 1.21. The Morgan fingerprint density at radius 2 is 1.94 bits per heavy atom. The molecule has 2 aromatic rings. The van der Waals surface area contributed by atoms with Crippen molar-refractivity contribution in [3.63, 3.8) is 0 Å². The van der Waals surface area contributed by atoms with Gasteiger partial charge in [0, 0.05) is 5.56 Å². The van der Waals surface area contributed by atoms with Gasteiger partial charge in [-0.05, 0) is 36.4 Å².